The highest BCUT2D eigenvalue weighted by molar-refractivity contribution is 5.95. The zero-order chi connectivity index (χ0) is 11.7. The molecule has 1 aliphatic heterocycles. The fourth-order valence-corrected chi connectivity index (χ4v) is 2.15. The number of aromatic amines is 1. The number of hydrogen-bond donors (Lipinski definition) is 1. The molecular formula is C11H14F2N2O. The maximum atomic E-state index is 12.7. The Morgan fingerprint density at radius 3 is 2.94 bits per heavy atom. The van der Waals surface area contributed by atoms with Gasteiger partial charge in [0.25, 0.3) is 12.3 Å². The van der Waals surface area contributed by atoms with E-state index in [-0.39, 0.29) is 5.91 Å². The van der Waals surface area contributed by atoms with E-state index < -0.39 is 12.5 Å². The summed E-state index contributed by atoms with van der Waals surface area (Å²) in [4.78, 5) is 16.2. The second-order valence-corrected chi connectivity index (χ2v) is 4.06. The van der Waals surface area contributed by atoms with Crippen LogP contribution in [0.25, 0.3) is 0 Å². The molecule has 0 aromatic carbocycles. The zero-order valence-corrected chi connectivity index (χ0v) is 9.04. The first-order valence-corrected chi connectivity index (χ1v) is 5.34. The summed E-state index contributed by atoms with van der Waals surface area (Å²) in [6, 6.07) is 0.722. The van der Waals surface area contributed by atoms with Gasteiger partial charge in [-0.2, -0.15) is 0 Å². The minimum absolute atomic E-state index is 0.290. The maximum Gasteiger partial charge on any atom is 0.258 e. The average molecular weight is 228 g/mol. The van der Waals surface area contributed by atoms with Gasteiger partial charge in [0, 0.05) is 18.4 Å². The molecule has 2 heterocycles. The summed E-state index contributed by atoms with van der Waals surface area (Å²) in [7, 11) is 0. The van der Waals surface area contributed by atoms with Crippen LogP contribution in [0.4, 0.5) is 8.78 Å². The number of alkyl halides is 2. The number of hydrogen-bond acceptors (Lipinski definition) is 1. The van der Waals surface area contributed by atoms with E-state index in [0.29, 0.717) is 24.9 Å². The number of aryl methyl sites for hydroxylation is 1. The number of likely N-dealkylation sites (tertiary alicyclic amines) is 1. The highest BCUT2D eigenvalue weighted by Crippen LogP contribution is 2.25. The van der Waals surface area contributed by atoms with Crippen molar-refractivity contribution in [2.75, 3.05) is 6.54 Å². The van der Waals surface area contributed by atoms with Crippen molar-refractivity contribution in [3.8, 4) is 0 Å². The summed E-state index contributed by atoms with van der Waals surface area (Å²) in [5.74, 6) is -0.290. The van der Waals surface area contributed by atoms with Crippen molar-refractivity contribution < 1.29 is 13.6 Å². The smallest absolute Gasteiger partial charge is 0.258 e. The average Bonchev–Trinajstić information content (AvgIpc) is 2.84. The first-order chi connectivity index (χ1) is 7.61. The van der Waals surface area contributed by atoms with Crippen molar-refractivity contribution >= 4 is 5.91 Å². The van der Waals surface area contributed by atoms with Crippen LogP contribution in [0.5, 0.6) is 0 Å². The quantitative estimate of drug-likeness (QED) is 0.827. The standard InChI is InChI=1S/C11H14F2N2O/c1-7-8(4-5-14-7)11(16)15-6-2-3-9(15)10(12)13/h4-5,9-10,14H,2-3,6H2,1H3/t9-/m1/s1. The Labute approximate surface area is 92.4 Å². The van der Waals surface area contributed by atoms with Crippen LogP contribution in [0.15, 0.2) is 12.3 Å². The molecule has 0 spiro atoms. The SMILES string of the molecule is Cc1[nH]ccc1C(=O)N1CCC[C@@H]1C(F)F. The topological polar surface area (TPSA) is 36.1 Å². The van der Waals surface area contributed by atoms with Gasteiger partial charge in [0.05, 0.1) is 11.6 Å². The van der Waals surface area contributed by atoms with Crippen LogP contribution in [0.1, 0.15) is 28.9 Å². The molecule has 0 saturated carbocycles. The normalized spacial score (nSPS) is 20.8. The molecule has 1 amide bonds. The van der Waals surface area contributed by atoms with Gasteiger partial charge in [-0.05, 0) is 25.8 Å². The van der Waals surface area contributed by atoms with Gasteiger partial charge >= 0.3 is 0 Å². The first kappa shape index (κ1) is 11.1. The fourth-order valence-electron chi connectivity index (χ4n) is 2.15. The number of rotatable bonds is 2. The van der Waals surface area contributed by atoms with E-state index in [0.717, 1.165) is 5.69 Å². The summed E-state index contributed by atoms with van der Waals surface area (Å²) in [5, 5.41) is 0. The third kappa shape index (κ3) is 1.81. The van der Waals surface area contributed by atoms with E-state index in [9.17, 15) is 13.6 Å². The monoisotopic (exact) mass is 228 g/mol. The Morgan fingerprint density at radius 2 is 2.38 bits per heavy atom. The largest absolute Gasteiger partial charge is 0.365 e. The number of halogens is 2. The van der Waals surface area contributed by atoms with Crippen LogP contribution in [0, 0.1) is 6.92 Å². The van der Waals surface area contributed by atoms with Crippen molar-refractivity contribution in [2.45, 2.75) is 32.2 Å². The Bertz CT molecular complexity index is 389. The molecule has 1 aromatic rings. The minimum Gasteiger partial charge on any atom is -0.365 e. The predicted molar refractivity (Wildman–Crippen MR) is 55.6 cm³/mol. The van der Waals surface area contributed by atoms with E-state index >= 15 is 0 Å². The molecular weight excluding hydrogens is 214 g/mol. The summed E-state index contributed by atoms with van der Waals surface area (Å²) >= 11 is 0. The van der Waals surface area contributed by atoms with E-state index in [1.807, 2.05) is 0 Å². The third-order valence-electron chi connectivity index (χ3n) is 3.04. The zero-order valence-electron chi connectivity index (χ0n) is 9.04. The van der Waals surface area contributed by atoms with E-state index in [4.69, 9.17) is 0 Å². The lowest BCUT2D eigenvalue weighted by Gasteiger charge is -2.23. The molecule has 0 aliphatic carbocycles. The van der Waals surface area contributed by atoms with Crippen LogP contribution in [-0.2, 0) is 0 Å². The Hall–Kier alpha value is -1.39. The number of nitrogens with one attached hydrogen (secondary N) is 1. The van der Waals surface area contributed by atoms with Crippen molar-refractivity contribution in [2.24, 2.45) is 0 Å². The molecule has 1 N–H and O–H groups in total. The molecule has 1 saturated heterocycles. The molecule has 5 heteroatoms. The van der Waals surface area contributed by atoms with Crippen LogP contribution in [0.2, 0.25) is 0 Å². The molecule has 1 aliphatic rings. The number of nitrogens with zero attached hydrogens (tertiary/aromatic N) is 1. The second-order valence-electron chi connectivity index (χ2n) is 4.06. The van der Waals surface area contributed by atoms with E-state index in [2.05, 4.69) is 4.98 Å². The molecule has 1 aromatic heterocycles. The van der Waals surface area contributed by atoms with E-state index in [1.54, 1.807) is 19.2 Å². The van der Waals surface area contributed by atoms with E-state index in [1.165, 1.54) is 4.90 Å². The van der Waals surface area contributed by atoms with Gasteiger partial charge in [-0.15, -0.1) is 0 Å². The number of H-pyrrole nitrogens is 1. The number of amides is 1. The number of aromatic nitrogens is 1. The van der Waals surface area contributed by atoms with Gasteiger partial charge in [-0.25, -0.2) is 8.78 Å². The molecule has 3 nitrogen and oxygen atoms in total. The molecule has 1 atom stereocenters. The van der Waals surface area contributed by atoms with Crippen molar-refractivity contribution in [1.82, 2.24) is 9.88 Å². The molecule has 0 bridgehead atoms. The van der Waals surface area contributed by atoms with Gasteiger partial charge in [0.15, 0.2) is 0 Å². The molecule has 16 heavy (non-hydrogen) atoms. The highest BCUT2D eigenvalue weighted by Gasteiger charge is 2.35. The molecule has 88 valence electrons. The van der Waals surface area contributed by atoms with Crippen LogP contribution in [-0.4, -0.2) is 34.8 Å². The summed E-state index contributed by atoms with van der Waals surface area (Å²) in [6.45, 7) is 2.19. The summed E-state index contributed by atoms with van der Waals surface area (Å²) in [5.41, 5.74) is 1.22. The molecule has 2 rings (SSSR count). The lowest BCUT2D eigenvalue weighted by atomic mass is 10.2. The molecule has 0 unspecified atom stereocenters. The first-order valence-electron chi connectivity index (χ1n) is 5.34. The summed E-state index contributed by atoms with van der Waals surface area (Å²) < 4.78 is 25.4. The lowest BCUT2D eigenvalue weighted by molar-refractivity contribution is 0.0362. The van der Waals surface area contributed by atoms with Crippen LogP contribution < -0.4 is 0 Å². The summed E-state index contributed by atoms with van der Waals surface area (Å²) in [6.07, 6.45) is 0.248. The number of carbonyl (C=O) groups is 1. The van der Waals surface area contributed by atoms with Crippen molar-refractivity contribution in [1.29, 1.82) is 0 Å². The minimum atomic E-state index is -2.45. The van der Waals surface area contributed by atoms with Crippen molar-refractivity contribution in [3.05, 3.63) is 23.5 Å². The lowest BCUT2D eigenvalue weighted by Crippen LogP contribution is -2.39. The third-order valence-corrected chi connectivity index (χ3v) is 3.04. The Balaban J connectivity index is 2.19. The second kappa shape index (κ2) is 4.23. The Morgan fingerprint density at radius 1 is 1.62 bits per heavy atom. The Kier molecular flexibility index (Phi) is 2.94. The van der Waals surface area contributed by atoms with Crippen molar-refractivity contribution in [3.63, 3.8) is 0 Å². The highest BCUT2D eigenvalue weighted by atomic mass is 19.3. The van der Waals surface area contributed by atoms with Crippen LogP contribution in [0.3, 0.4) is 0 Å². The van der Waals surface area contributed by atoms with Crippen LogP contribution >= 0.6 is 0 Å². The number of carbonyl (C=O) groups excluding carboxylic acids is 1. The predicted octanol–water partition coefficient (Wildman–Crippen LogP) is 2.19. The van der Waals surface area contributed by atoms with Gasteiger partial charge in [0.1, 0.15) is 0 Å². The van der Waals surface area contributed by atoms with Gasteiger partial charge in [-0.1, -0.05) is 0 Å². The molecule has 0 radical (unpaired) electrons. The van der Waals surface area contributed by atoms with Gasteiger partial charge in [-0.3, -0.25) is 4.79 Å². The maximum absolute atomic E-state index is 12.7. The van der Waals surface area contributed by atoms with Gasteiger partial charge in [0.2, 0.25) is 0 Å². The fraction of sp³-hybridized carbons (Fsp3) is 0.545. The van der Waals surface area contributed by atoms with Gasteiger partial charge < -0.3 is 9.88 Å². The molecule has 1 fully saturated rings.